The molecule has 0 aliphatic rings. The van der Waals surface area contributed by atoms with Crippen LogP contribution in [0.4, 0.5) is 0 Å². The number of hydrogen-bond acceptors (Lipinski definition) is 4. The number of rotatable bonds is 8. The van der Waals surface area contributed by atoms with Gasteiger partial charge in [0.1, 0.15) is 5.75 Å². The van der Waals surface area contributed by atoms with Gasteiger partial charge in [0.25, 0.3) is 0 Å². The van der Waals surface area contributed by atoms with Crippen LogP contribution in [-0.4, -0.2) is 30.3 Å². The van der Waals surface area contributed by atoms with Crippen LogP contribution in [0.2, 0.25) is 0 Å². The van der Waals surface area contributed by atoms with Crippen molar-refractivity contribution in [2.45, 2.75) is 18.9 Å². The third kappa shape index (κ3) is 5.29. The van der Waals surface area contributed by atoms with Crippen LogP contribution in [0.5, 0.6) is 5.75 Å². The molecule has 0 heterocycles. The van der Waals surface area contributed by atoms with Gasteiger partial charge in [-0.2, -0.15) is 0 Å². The van der Waals surface area contributed by atoms with E-state index in [1.807, 2.05) is 91.9 Å². The molecular formula is C24H24N2O3. The van der Waals surface area contributed by atoms with Gasteiger partial charge in [0.15, 0.2) is 0 Å². The molecule has 2 atom stereocenters. The smallest absolute Gasteiger partial charge is 0.212 e. The molecule has 0 spiro atoms. The Balaban J connectivity index is 2.02. The highest BCUT2D eigenvalue weighted by Gasteiger charge is 2.25. The summed E-state index contributed by atoms with van der Waals surface area (Å²) in [5.41, 5.74) is 3.68. The Morgan fingerprint density at radius 2 is 1.45 bits per heavy atom. The topological polar surface area (TPSA) is 64.7 Å². The van der Waals surface area contributed by atoms with Crippen molar-refractivity contribution in [1.82, 2.24) is 0 Å². The zero-order chi connectivity index (χ0) is 20.6. The molecule has 0 fully saturated rings. The van der Waals surface area contributed by atoms with Gasteiger partial charge in [0, 0.05) is 16.1 Å². The first kappa shape index (κ1) is 20.3. The van der Waals surface area contributed by atoms with E-state index in [-0.39, 0.29) is 23.4 Å². The van der Waals surface area contributed by atoms with E-state index in [0.29, 0.717) is 0 Å². The van der Waals surface area contributed by atoms with Crippen molar-refractivity contribution >= 4 is 5.71 Å². The summed E-state index contributed by atoms with van der Waals surface area (Å²) in [7, 11) is 1.60. The van der Waals surface area contributed by atoms with Crippen molar-refractivity contribution in [3.05, 3.63) is 112 Å². The van der Waals surface area contributed by atoms with Gasteiger partial charge in [-0.05, 0) is 24.6 Å². The number of nitrogens with zero attached hydrogens (tertiary/aromatic N) is 2. The van der Waals surface area contributed by atoms with Gasteiger partial charge in [-0.15, -0.1) is 0 Å². The highest BCUT2D eigenvalue weighted by molar-refractivity contribution is 6.12. The van der Waals surface area contributed by atoms with Gasteiger partial charge in [0.05, 0.1) is 24.8 Å². The Morgan fingerprint density at radius 3 is 1.90 bits per heavy atom. The molecule has 0 amide bonds. The summed E-state index contributed by atoms with van der Waals surface area (Å²) >= 11 is 0. The Labute approximate surface area is 170 Å². The minimum Gasteiger partial charge on any atom is -0.497 e. The average Bonchev–Trinajstić information content (AvgIpc) is 2.77. The molecule has 0 bridgehead atoms. The molecule has 0 aliphatic heterocycles. The van der Waals surface area contributed by atoms with Crippen LogP contribution in [0, 0.1) is 10.1 Å². The van der Waals surface area contributed by atoms with Gasteiger partial charge in [-0.3, -0.25) is 15.1 Å². The molecule has 3 rings (SSSR count). The van der Waals surface area contributed by atoms with Crippen molar-refractivity contribution in [2.24, 2.45) is 4.99 Å². The number of benzene rings is 3. The molecule has 5 nitrogen and oxygen atoms in total. The fourth-order valence-electron chi connectivity index (χ4n) is 3.35. The van der Waals surface area contributed by atoms with Crippen molar-refractivity contribution in [1.29, 1.82) is 0 Å². The van der Waals surface area contributed by atoms with E-state index in [9.17, 15) is 10.1 Å². The normalized spacial score (nSPS) is 12.6. The predicted molar refractivity (Wildman–Crippen MR) is 116 cm³/mol. The molecular weight excluding hydrogens is 364 g/mol. The molecule has 0 aliphatic carbocycles. The number of aliphatic imine (C=N–C) groups is 1. The maximum atomic E-state index is 11.4. The van der Waals surface area contributed by atoms with E-state index >= 15 is 0 Å². The molecule has 5 heteroatoms. The van der Waals surface area contributed by atoms with Gasteiger partial charge >= 0.3 is 0 Å². The number of ether oxygens (including phenoxy) is 1. The molecule has 3 aromatic rings. The first-order valence-corrected chi connectivity index (χ1v) is 9.53. The van der Waals surface area contributed by atoms with Crippen LogP contribution >= 0.6 is 0 Å². The van der Waals surface area contributed by atoms with E-state index in [1.165, 1.54) is 0 Å². The molecule has 0 N–H and O–H groups in total. The SMILES string of the molecule is COc1ccc(C(C[N+](=O)[O-])C(C)N=C(c2ccccc2)c2ccccc2)cc1. The highest BCUT2D eigenvalue weighted by Crippen LogP contribution is 2.26. The second-order valence-corrected chi connectivity index (χ2v) is 6.85. The lowest BCUT2D eigenvalue weighted by molar-refractivity contribution is -0.483. The van der Waals surface area contributed by atoms with Crippen LogP contribution < -0.4 is 4.74 Å². The van der Waals surface area contributed by atoms with Crippen molar-refractivity contribution in [3.8, 4) is 5.75 Å². The largest absolute Gasteiger partial charge is 0.497 e. The van der Waals surface area contributed by atoms with Crippen LogP contribution in [0.15, 0.2) is 89.9 Å². The average molecular weight is 388 g/mol. The number of methoxy groups -OCH3 is 1. The summed E-state index contributed by atoms with van der Waals surface area (Å²) in [6.07, 6.45) is 0. The summed E-state index contributed by atoms with van der Waals surface area (Å²) in [6.45, 7) is 1.75. The van der Waals surface area contributed by atoms with E-state index in [4.69, 9.17) is 9.73 Å². The minimum atomic E-state index is -0.349. The quantitative estimate of drug-likeness (QED) is 0.310. The second-order valence-electron chi connectivity index (χ2n) is 6.85. The standard InChI is InChI=1S/C24H24N2O3/c1-18(23(17-26(27)28)19-13-15-22(29-2)16-14-19)25-24(20-9-5-3-6-10-20)21-11-7-4-8-12-21/h3-16,18,23H,17H2,1-2H3. The fraction of sp³-hybridized carbons (Fsp3) is 0.208. The summed E-state index contributed by atoms with van der Waals surface area (Å²) in [6, 6.07) is 27.0. The third-order valence-corrected chi connectivity index (χ3v) is 4.90. The predicted octanol–water partition coefficient (Wildman–Crippen LogP) is 4.98. The number of hydrogen-bond donors (Lipinski definition) is 0. The third-order valence-electron chi connectivity index (χ3n) is 4.90. The maximum Gasteiger partial charge on any atom is 0.212 e. The lowest BCUT2D eigenvalue weighted by atomic mass is 9.92. The molecule has 3 aromatic carbocycles. The monoisotopic (exact) mass is 388 g/mol. The Morgan fingerprint density at radius 1 is 0.931 bits per heavy atom. The first-order chi connectivity index (χ1) is 14.1. The molecule has 0 radical (unpaired) electrons. The van der Waals surface area contributed by atoms with E-state index in [2.05, 4.69) is 0 Å². The van der Waals surface area contributed by atoms with E-state index in [0.717, 1.165) is 28.2 Å². The van der Waals surface area contributed by atoms with Gasteiger partial charge in [-0.25, -0.2) is 0 Å². The zero-order valence-electron chi connectivity index (χ0n) is 16.6. The fourth-order valence-corrected chi connectivity index (χ4v) is 3.35. The van der Waals surface area contributed by atoms with Crippen LogP contribution in [0.25, 0.3) is 0 Å². The van der Waals surface area contributed by atoms with Gasteiger partial charge in [-0.1, -0.05) is 72.8 Å². The maximum absolute atomic E-state index is 11.4. The summed E-state index contributed by atoms with van der Waals surface area (Å²) < 4.78 is 5.21. The van der Waals surface area contributed by atoms with Crippen molar-refractivity contribution in [3.63, 3.8) is 0 Å². The van der Waals surface area contributed by atoms with Crippen LogP contribution in [0.1, 0.15) is 29.5 Å². The lowest BCUT2D eigenvalue weighted by Crippen LogP contribution is -2.23. The Bertz CT molecular complexity index is 913. The first-order valence-electron chi connectivity index (χ1n) is 9.53. The van der Waals surface area contributed by atoms with Gasteiger partial charge < -0.3 is 4.74 Å². The second kappa shape index (κ2) is 9.64. The molecule has 0 aromatic heterocycles. The molecule has 0 saturated carbocycles. The lowest BCUT2D eigenvalue weighted by Gasteiger charge is -2.20. The van der Waals surface area contributed by atoms with E-state index in [1.54, 1.807) is 7.11 Å². The Kier molecular flexibility index (Phi) is 6.74. The number of nitro groups is 1. The summed E-state index contributed by atoms with van der Waals surface area (Å²) in [4.78, 5) is 16.1. The van der Waals surface area contributed by atoms with Gasteiger partial charge in [0.2, 0.25) is 6.54 Å². The van der Waals surface area contributed by atoms with Crippen LogP contribution in [0.3, 0.4) is 0 Å². The highest BCUT2D eigenvalue weighted by atomic mass is 16.6. The summed E-state index contributed by atoms with van der Waals surface area (Å²) in [5.74, 6) is 0.373. The van der Waals surface area contributed by atoms with Crippen molar-refractivity contribution < 1.29 is 9.66 Å². The zero-order valence-corrected chi connectivity index (χ0v) is 16.6. The van der Waals surface area contributed by atoms with E-state index < -0.39 is 0 Å². The Hall–Kier alpha value is -3.47. The van der Waals surface area contributed by atoms with Crippen LogP contribution in [-0.2, 0) is 0 Å². The molecule has 29 heavy (non-hydrogen) atoms. The molecule has 148 valence electrons. The van der Waals surface area contributed by atoms with Crippen molar-refractivity contribution in [2.75, 3.05) is 13.7 Å². The minimum absolute atomic E-state index is 0.187. The molecule has 2 unspecified atom stereocenters. The molecule has 0 saturated heterocycles. The summed E-state index contributed by atoms with van der Waals surface area (Å²) in [5, 5.41) is 11.4.